The highest BCUT2D eigenvalue weighted by molar-refractivity contribution is 9.11. The van der Waals surface area contributed by atoms with E-state index in [-0.39, 0.29) is 12.6 Å². The molecule has 0 aliphatic carbocycles. The Morgan fingerprint density at radius 2 is 2.33 bits per heavy atom. The second-order valence-corrected chi connectivity index (χ2v) is 6.66. The fourth-order valence-electron chi connectivity index (χ4n) is 1.65. The molecule has 2 heterocycles. The molecule has 9 heteroatoms. The Bertz CT molecular complexity index is 654. The standard InChI is InChI=1S/C12H13BrN4O3S/c1-16(4-8-2-10(13)21-7-8)12(20)15-9-3-14-17(5-9)6-11(18)19/h2-3,5,7H,4,6H2,1H3,(H,15,20)(H,18,19). The molecular formula is C12H13BrN4O3S. The zero-order valence-electron chi connectivity index (χ0n) is 11.1. The van der Waals surface area contributed by atoms with Crippen molar-refractivity contribution in [3.8, 4) is 0 Å². The molecule has 2 aromatic rings. The van der Waals surface area contributed by atoms with Crippen molar-refractivity contribution >= 4 is 45.0 Å². The molecular weight excluding hydrogens is 360 g/mol. The Hall–Kier alpha value is -1.87. The lowest BCUT2D eigenvalue weighted by atomic mass is 10.3. The third kappa shape index (κ3) is 4.57. The van der Waals surface area contributed by atoms with Gasteiger partial charge in [-0.15, -0.1) is 11.3 Å². The molecule has 2 N–H and O–H groups in total. The summed E-state index contributed by atoms with van der Waals surface area (Å²) in [5.74, 6) is -0.990. The van der Waals surface area contributed by atoms with Crippen LogP contribution in [0, 0.1) is 0 Å². The molecule has 7 nitrogen and oxygen atoms in total. The fraction of sp³-hybridized carbons (Fsp3) is 0.250. The highest BCUT2D eigenvalue weighted by Gasteiger charge is 2.12. The molecule has 0 radical (unpaired) electrons. The lowest BCUT2D eigenvalue weighted by Gasteiger charge is -2.16. The van der Waals surface area contributed by atoms with Gasteiger partial charge in [-0.2, -0.15) is 5.10 Å². The van der Waals surface area contributed by atoms with Crippen LogP contribution in [-0.4, -0.2) is 38.8 Å². The van der Waals surface area contributed by atoms with E-state index >= 15 is 0 Å². The van der Waals surface area contributed by atoms with Crippen LogP contribution in [0.1, 0.15) is 5.56 Å². The van der Waals surface area contributed by atoms with Crippen molar-refractivity contribution in [2.24, 2.45) is 0 Å². The van der Waals surface area contributed by atoms with Crippen molar-refractivity contribution in [2.75, 3.05) is 12.4 Å². The predicted molar refractivity (Wildman–Crippen MR) is 82.4 cm³/mol. The Morgan fingerprint density at radius 1 is 1.57 bits per heavy atom. The number of amides is 2. The molecule has 2 rings (SSSR count). The second kappa shape index (κ2) is 6.72. The van der Waals surface area contributed by atoms with Gasteiger partial charge in [0.25, 0.3) is 0 Å². The van der Waals surface area contributed by atoms with E-state index in [0.29, 0.717) is 12.2 Å². The minimum atomic E-state index is -0.990. The average Bonchev–Trinajstić information content (AvgIpc) is 2.98. The topological polar surface area (TPSA) is 87.5 Å². The summed E-state index contributed by atoms with van der Waals surface area (Å²) in [5.41, 5.74) is 1.49. The van der Waals surface area contributed by atoms with Crippen LogP contribution in [-0.2, 0) is 17.9 Å². The molecule has 0 aromatic carbocycles. The first-order chi connectivity index (χ1) is 9.94. The van der Waals surface area contributed by atoms with E-state index in [0.717, 1.165) is 9.35 Å². The van der Waals surface area contributed by atoms with Gasteiger partial charge in [0.1, 0.15) is 6.54 Å². The Morgan fingerprint density at radius 3 is 2.95 bits per heavy atom. The molecule has 0 aliphatic heterocycles. The second-order valence-electron chi connectivity index (χ2n) is 4.37. The number of carbonyl (C=O) groups excluding carboxylic acids is 1. The van der Waals surface area contributed by atoms with E-state index in [1.165, 1.54) is 22.0 Å². The smallest absolute Gasteiger partial charge is 0.325 e. The van der Waals surface area contributed by atoms with E-state index in [2.05, 4.69) is 26.3 Å². The van der Waals surface area contributed by atoms with Gasteiger partial charge in [0.05, 0.1) is 15.7 Å². The minimum absolute atomic E-state index is 0.241. The number of urea groups is 1. The third-order valence-corrected chi connectivity index (χ3v) is 4.12. The number of carbonyl (C=O) groups is 2. The van der Waals surface area contributed by atoms with E-state index in [9.17, 15) is 9.59 Å². The fourth-order valence-corrected chi connectivity index (χ4v) is 2.85. The number of anilines is 1. The number of nitrogens with zero attached hydrogens (tertiary/aromatic N) is 3. The molecule has 0 saturated heterocycles. The van der Waals surface area contributed by atoms with Gasteiger partial charge in [0.2, 0.25) is 0 Å². The summed E-state index contributed by atoms with van der Waals surface area (Å²) >= 11 is 4.94. The number of halogens is 1. The van der Waals surface area contributed by atoms with E-state index < -0.39 is 5.97 Å². The lowest BCUT2D eigenvalue weighted by Crippen LogP contribution is -2.30. The highest BCUT2D eigenvalue weighted by Crippen LogP contribution is 2.21. The normalized spacial score (nSPS) is 10.4. The van der Waals surface area contributed by atoms with Gasteiger partial charge < -0.3 is 15.3 Å². The van der Waals surface area contributed by atoms with E-state index in [1.54, 1.807) is 18.4 Å². The molecule has 2 amide bonds. The molecule has 0 spiro atoms. The summed E-state index contributed by atoms with van der Waals surface area (Å²) in [7, 11) is 1.68. The maximum Gasteiger partial charge on any atom is 0.325 e. The Kier molecular flexibility index (Phi) is 4.97. The van der Waals surface area contributed by atoms with Crippen molar-refractivity contribution in [1.29, 1.82) is 0 Å². The molecule has 0 unspecified atom stereocenters. The van der Waals surface area contributed by atoms with Crippen molar-refractivity contribution in [1.82, 2.24) is 14.7 Å². The summed E-state index contributed by atoms with van der Waals surface area (Å²) in [5, 5.41) is 17.1. The van der Waals surface area contributed by atoms with Gasteiger partial charge in [0.15, 0.2) is 0 Å². The van der Waals surface area contributed by atoms with E-state index in [1.807, 2.05) is 11.4 Å². The maximum atomic E-state index is 12.0. The minimum Gasteiger partial charge on any atom is -0.480 e. The van der Waals surface area contributed by atoms with Gasteiger partial charge in [-0.25, -0.2) is 4.79 Å². The zero-order valence-corrected chi connectivity index (χ0v) is 13.5. The van der Waals surface area contributed by atoms with Crippen LogP contribution in [0.5, 0.6) is 0 Å². The molecule has 0 bridgehead atoms. The number of aliphatic carboxylic acids is 1. The van der Waals surface area contributed by atoms with Crippen LogP contribution in [0.3, 0.4) is 0 Å². The number of carboxylic acids is 1. The first kappa shape index (κ1) is 15.5. The third-order valence-electron chi connectivity index (χ3n) is 2.57. The highest BCUT2D eigenvalue weighted by atomic mass is 79.9. The molecule has 0 atom stereocenters. The quantitative estimate of drug-likeness (QED) is 0.843. The number of carboxylic acid groups (broad SMARTS) is 1. The first-order valence-corrected chi connectivity index (χ1v) is 7.60. The van der Waals surface area contributed by atoms with Gasteiger partial charge in [0, 0.05) is 19.8 Å². The maximum absolute atomic E-state index is 12.0. The first-order valence-electron chi connectivity index (χ1n) is 5.93. The SMILES string of the molecule is CN(Cc1csc(Br)c1)C(=O)Nc1cnn(CC(=O)O)c1. The van der Waals surface area contributed by atoms with Gasteiger partial charge >= 0.3 is 12.0 Å². The largest absolute Gasteiger partial charge is 0.480 e. The summed E-state index contributed by atoms with van der Waals surface area (Å²) in [4.78, 5) is 24.1. The molecule has 2 aromatic heterocycles. The molecule has 0 aliphatic rings. The number of nitrogens with one attached hydrogen (secondary N) is 1. The number of rotatable bonds is 5. The molecule has 112 valence electrons. The summed E-state index contributed by atoms with van der Waals surface area (Å²) < 4.78 is 2.26. The number of hydrogen-bond donors (Lipinski definition) is 2. The van der Waals surface area contributed by atoms with Gasteiger partial charge in [-0.3, -0.25) is 9.48 Å². The monoisotopic (exact) mass is 372 g/mol. The van der Waals surface area contributed by atoms with Crippen LogP contribution < -0.4 is 5.32 Å². The van der Waals surface area contributed by atoms with Crippen LogP contribution >= 0.6 is 27.3 Å². The Labute approximate surface area is 133 Å². The molecule has 0 saturated carbocycles. The zero-order chi connectivity index (χ0) is 15.4. The van der Waals surface area contributed by atoms with Crippen LogP contribution in [0.2, 0.25) is 0 Å². The number of hydrogen-bond acceptors (Lipinski definition) is 4. The van der Waals surface area contributed by atoms with Crippen LogP contribution in [0.25, 0.3) is 0 Å². The summed E-state index contributed by atoms with van der Waals surface area (Å²) in [6, 6.07) is 1.67. The average molecular weight is 373 g/mol. The van der Waals surface area contributed by atoms with Crippen LogP contribution in [0.4, 0.5) is 10.5 Å². The number of thiophene rings is 1. The van der Waals surface area contributed by atoms with E-state index in [4.69, 9.17) is 5.11 Å². The van der Waals surface area contributed by atoms with Crippen molar-refractivity contribution in [3.05, 3.63) is 33.2 Å². The van der Waals surface area contributed by atoms with Crippen molar-refractivity contribution in [3.63, 3.8) is 0 Å². The molecule has 21 heavy (non-hydrogen) atoms. The summed E-state index contributed by atoms with van der Waals surface area (Å²) in [6.07, 6.45) is 2.89. The number of aromatic nitrogens is 2. The van der Waals surface area contributed by atoms with Gasteiger partial charge in [-0.1, -0.05) is 0 Å². The van der Waals surface area contributed by atoms with Gasteiger partial charge in [-0.05, 0) is 32.9 Å². The lowest BCUT2D eigenvalue weighted by molar-refractivity contribution is -0.137. The molecule has 0 fully saturated rings. The Balaban J connectivity index is 1.91. The summed E-state index contributed by atoms with van der Waals surface area (Å²) in [6.45, 7) is 0.242. The predicted octanol–water partition coefficient (Wildman–Crippen LogP) is 2.46. The van der Waals surface area contributed by atoms with Crippen LogP contribution in [0.15, 0.2) is 27.6 Å². The van der Waals surface area contributed by atoms with Crippen molar-refractivity contribution in [2.45, 2.75) is 13.1 Å². The van der Waals surface area contributed by atoms with Crippen molar-refractivity contribution < 1.29 is 14.7 Å².